The summed E-state index contributed by atoms with van der Waals surface area (Å²) in [5.41, 5.74) is 1.19. The van der Waals surface area contributed by atoms with E-state index in [-0.39, 0.29) is 5.54 Å². The zero-order chi connectivity index (χ0) is 13.9. The standard InChI is InChI=1S/C14H18ClN3S/c1-14(2,3)16-9-13-18-17-12(19-13)8-10-6-4-5-7-11(10)15/h4-7,16H,8-9H2,1-3H3. The number of rotatable bonds is 4. The number of nitrogens with zero attached hydrogens (tertiary/aromatic N) is 2. The smallest absolute Gasteiger partial charge is 0.131 e. The first kappa shape index (κ1) is 14.4. The monoisotopic (exact) mass is 295 g/mol. The Labute approximate surface area is 123 Å². The summed E-state index contributed by atoms with van der Waals surface area (Å²) in [5, 5.41) is 14.6. The molecule has 1 N–H and O–H groups in total. The molecule has 0 aliphatic heterocycles. The predicted molar refractivity (Wildman–Crippen MR) is 80.8 cm³/mol. The fraction of sp³-hybridized carbons (Fsp3) is 0.429. The Morgan fingerprint density at radius 1 is 1.16 bits per heavy atom. The molecule has 2 rings (SSSR count). The summed E-state index contributed by atoms with van der Waals surface area (Å²) in [6.07, 6.45) is 0.743. The SMILES string of the molecule is CC(C)(C)NCc1nnc(Cc2ccccc2Cl)s1. The van der Waals surface area contributed by atoms with Gasteiger partial charge in [-0.15, -0.1) is 10.2 Å². The average Bonchev–Trinajstić information content (AvgIpc) is 2.77. The van der Waals surface area contributed by atoms with Gasteiger partial charge in [-0.05, 0) is 32.4 Å². The Hall–Kier alpha value is -0.970. The number of hydrogen-bond donors (Lipinski definition) is 1. The lowest BCUT2D eigenvalue weighted by molar-refractivity contribution is 0.423. The topological polar surface area (TPSA) is 37.8 Å². The van der Waals surface area contributed by atoms with Gasteiger partial charge in [-0.1, -0.05) is 41.1 Å². The minimum atomic E-state index is 0.0918. The Balaban J connectivity index is 2.00. The van der Waals surface area contributed by atoms with Crippen molar-refractivity contribution >= 4 is 22.9 Å². The Morgan fingerprint density at radius 3 is 2.53 bits per heavy atom. The summed E-state index contributed by atoms with van der Waals surface area (Å²) in [5.74, 6) is 0. The molecule has 0 atom stereocenters. The maximum Gasteiger partial charge on any atom is 0.131 e. The molecule has 19 heavy (non-hydrogen) atoms. The molecule has 0 radical (unpaired) electrons. The Bertz CT molecular complexity index is 546. The summed E-state index contributed by atoms with van der Waals surface area (Å²) in [7, 11) is 0. The summed E-state index contributed by atoms with van der Waals surface area (Å²) in [6.45, 7) is 7.17. The first-order valence-electron chi connectivity index (χ1n) is 6.24. The molecule has 0 amide bonds. The second-order valence-electron chi connectivity index (χ2n) is 5.46. The molecule has 0 saturated heterocycles. The fourth-order valence-electron chi connectivity index (χ4n) is 1.58. The molecule has 1 aromatic carbocycles. The van der Waals surface area contributed by atoms with Crippen molar-refractivity contribution < 1.29 is 0 Å². The van der Waals surface area contributed by atoms with E-state index in [1.165, 1.54) is 0 Å². The molecule has 0 aliphatic rings. The predicted octanol–water partition coefficient (Wildman–Crippen LogP) is 3.67. The lowest BCUT2D eigenvalue weighted by atomic mass is 10.1. The molecular weight excluding hydrogens is 278 g/mol. The summed E-state index contributed by atoms with van der Waals surface area (Å²) in [4.78, 5) is 0. The minimum Gasteiger partial charge on any atom is -0.306 e. The number of halogens is 1. The van der Waals surface area contributed by atoms with Gasteiger partial charge in [0.2, 0.25) is 0 Å². The van der Waals surface area contributed by atoms with Crippen LogP contribution in [-0.2, 0) is 13.0 Å². The van der Waals surface area contributed by atoms with Gasteiger partial charge in [0.25, 0.3) is 0 Å². The lowest BCUT2D eigenvalue weighted by Gasteiger charge is -2.19. The quantitative estimate of drug-likeness (QED) is 0.935. The van der Waals surface area contributed by atoms with Crippen LogP contribution >= 0.6 is 22.9 Å². The molecule has 0 unspecified atom stereocenters. The van der Waals surface area contributed by atoms with Gasteiger partial charge in [-0.2, -0.15) is 0 Å². The van der Waals surface area contributed by atoms with E-state index in [0.717, 1.165) is 33.6 Å². The first-order valence-corrected chi connectivity index (χ1v) is 7.43. The summed E-state index contributed by atoms with van der Waals surface area (Å²) >= 11 is 7.78. The molecule has 0 aliphatic carbocycles. The van der Waals surface area contributed by atoms with Gasteiger partial charge >= 0.3 is 0 Å². The molecule has 0 fully saturated rings. The van der Waals surface area contributed by atoms with E-state index in [1.54, 1.807) is 11.3 Å². The molecular formula is C14H18ClN3S. The average molecular weight is 296 g/mol. The van der Waals surface area contributed by atoms with Crippen LogP contribution in [0.15, 0.2) is 24.3 Å². The van der Waals surface area contributed by atoms with Gasteiger partial charge in [-0.25, -0.2) is 0 Å². The summed E-state index contributed by atoms with van der Waals surface area (Å²) < 4.78 is 0. The molecule has 0 spiro atoms. The van der Waals surface area contributed by atoms with Crippen LogP contribution in [0.5, 0.6) is 0 Å². The highest BCUT2D eigenvalue weighted by atomic mass is 35.5. The fourth-order valence-corrected chi connectivity index (χ4v) is 2.59. The van der Waals surface area contributed by atoms with Crippen LogP contribution in [0.4, 0.5) is 0 Å². The van der Waals surface area contributed by atoms with Crippen LogP contribution in [0.2, 0.25) is 5.02 Å². The van der Waals surface area contributed by atoms with Crippen LogP contribution in [0.3, 0.4) is 0 Å². The van der Waals surface area contributed by atoms with Gasteiger partial charge < -0.3 is 5.32 Å². The number of benzene rings is 1. The Kier molecular flexibility index (Phi) is 4.55. The third-order valence-electron chi connectivity index (χ3n) is 2.58. The van der Waals surface area contributed by atoms with E-state index in [4.69, 9.17) is 11.6 Å². The molecule has 102 valence electrons. The van der Waals surface area contributed by atoms with Crippen molar-refractivity contribution in [2.75, 3.05) is 0 Å². The maximum atomic E-state index is 6.15. The van der Waals surface area contributed by atoms with Crippen LogP contribution in [0.25, 0.3) is 0 Å². The van der Waals surface area contributed by atoms with Crippen molar-refractivity contribution in [2.45, 2.75) is 39.3 Å². The second-order valence-corrected chi connectivity index (χ2v) is 7.02. The zero-order valence-electron chi connectivity index (χ0n) is 11.4. The van der Waals surface area contributed by atoms with Crippen molar-refractivity contribution in [3.63, 3.8) is 0 Å². The first-order chi connectivity index (χ1) is 8.94. The second kappa shape index (κ2) is 5.99. The van der Waals surface area contributed by atoms with Crippen molar-refractivity contribution in [1.29, 1.82) is 0 Å². The maximum absolute atomic E-state index is 6.15. The minimum absolute atomic E-state index is 0.0918. The van der Waals surface area contributed by atoms with E-state index >= 15 is 0 Å². The largest absolute Gasteiger partial charge is 0.306 e. The van der Waals surface area contributed by atoms with E-state index < -0.39 is 0 Å². The van der Waals surface area contributed by atoms with E-state index in [1.807, 2.05) is 24.3 Å². The van der Waals surface area contributed by atoms with E-state index in [0.29, 0.717) is 0 Å². The van der Waals surface area contributed by atoms with Gasteiger partial charge in [0.05, 0.1) is 6.54 Å². The van der Waals surface area contributed by atoms with Crippen molar-refractivity contribution in [3.05, 3.63) is 44.9 Å². The third kappa shape index (κ3) is 4.56. The highest BCUT2D eigenvalue weighted by molar-refractivity contribution is 7.11. The van der Waals surface area contributed by atoms with Gasteiger partial charge in [0, 0.05) is 17.0 Å². The number of nitrogens with one attached hydrogen (secondary N) is 1. The number of aromatic nitrogens is 2. The van der Waals surface area contributed by atoms with Crippen LogP contribution < -0.4 is 5.32 Å². The van der Waals surface area contributed by atoms with Crippen LogP contribution in [0, 0.1) is 0 Å². The lowest BCUT2D eigenvalue weighted by Crippen LogP contribution is -2.35. The van der Waals surface area contributed by atoms with E-state index in [9.17, 15) is 0 Å². The normalized spacial score (nSPS) is 11.8. The molecule has 2 aromatic rings. The summed E-state index contributed by atoms with van der Waals surface area (Å²) in [6, 6.07) is 7.85. The third-order valence-corrected chi connectivity index (χ3v) is 3.87. The van der Waals surface area contributed by atoms with Crippen molar-refractivity contribution in [3.8, 4) is 0 Å². The number of hydrogen-bond acceptors (Lipinski definition) is 4. The molecule has 0 saturated carbocycles. The molecule has 1 heterocycles. The molecule has 1 aromatic heterocycles. The van der Waals surface area contributed by atoms with Crippen LogP contribution in [0.1, 0.15) is 36.3 Å². The van der Waals surface area contributed by atoms with E-state index in [2.05, 4.69) is 36.3 Å². The van der Waals surface area contributed by atoms with Gasteiger partial charge in [-0.3, -0.25) is 0 Å². The van der Waals surface area contributed by atoms with Crippen molar-refractivity contribution in [2.24, 2.45) is 0 Å². The molecule has 0 bridgehead atoms. The highest BCUT2D eigenvalue weighted by Gasteiger charge is 2.11. The van der Waals surface area contributed by atoms with Gasteiger partial charge in [0.15, 0.2) is 0 Å². The highest BCUT2D eigenvalue weighted by Crippen LogP contribution is 2.21. The zero-order valence-corrected chi connectivity index (χ0v) is 13.0. The Morgan fingerprint density at radius 2 is 1.84 bits per heavy atom. The molecule has 5 heteroatoms. The van der Waals surface area contributed by atoms with Crippen LogP contribution in [-0.4, -0.2) is 15.7 Å². The van der Waals surface area contributed by atoms with Gasteiger partial charge in [0.1, 0.15) is 10.0 Å². The van der Waals surface area contributed by atoms with Crippen molar-refractivity contribution in [1.82, 2.24) is 15.5 Å². The molecule has 3 nitrogen and oxygen atoms in total.